The number of aryl methyl sites for hydroxylation is 3. The predicted molar refractivity (Wildman–Crippen MR) is 90.7 cm³/mol. The fraction of sp³-hybridized carbons (Fsp3) is 0.706. The van der Waals surface area contributed by atoms with Crippen LogP contribution in [0.5, 0.6) is 0 Å². The normalized spacial score (nSPS) is 16.3. The van der Waals surface area contributed by atoms with E-state index in [1.54, 1.807) is 7.05 Å². The second kappa shape index (κ2) is 6.34. The first-order valence-corrected chi connectivity index (χ1v) is 8.62. The predicted octanol–water partition coefficient (Wildman–Crippen LogP) is 1.87. The quantitative estimate of drug-likeness (QED) is 0.864. The van der Waals surface area contributed by atoms with Gasteiger partial charge >= 0.3 is 5.69 Å². The maximum Gasteiger partial charge on any atom is 0.332 e. The van der Waals surface area contributed by atoms with E-state index in [1.165, 1.54) is 50.1 Å². The lowest BCUT2D eigenvalue weighted by molar-refractivity contribution is 0.331. The summed E-state index contributed by atoms with van der Waals surface area (Å²) in [4.78, 5) is 28.9. The molecule has 126 valence electrons. The average molecular weight is 318 g/mol. The van der Waals surface area contributed by atoms with Gasteiger partial charge in [-0.3, -0.25) is 13.9 Å². The summed E-state index contributed by atoms with van der Waals surface area (Å²) in [5.74, 6) is 1.75. The molecule has 1 saturated carbocycles. The second-order valence-electron chi connectivity index (χ2n) is 6.86. The third-order valence-corrected chi connectivity index (χ3v) is 5.31. The molecule has 0 saturated heterocycles. The second-order valence-corrected chi connectivity index (χ2v) is 6.86. The lowest BCUT2D eigenvalue weighted by Gasteiger charge is -2.21. The van der Waals surface area contributed by atoms with Crippen molar-refractivity contribution in [2.45, 2.75) is 51.4 Å². The van der Waals surface area contributed by atoms with Gasteiger partial charge in [-0.05, 0) is 12.3 Å². The average Bonchev–Trinajstić information content (AvgIpc) is 2.89. The first-order chi connectivity index (χ1) is 11.0. The molecule has 0 atom stereocenters. The molecule has 1 fully saturated rings. The van der Waals surface area contributed by atoms with Crippen molar-refractivity contribution in [3.8, 4) is 0 Å². The van der Waals surface area contributed by atoms with E-state index in [-0.39, 0.29) is 11.2 Å². The molecule has 23 heavy (non-hydrogen) atoms. The van der Waals surface area contributed by atoms with Gasteiger partial charge in [0.05, 0.1) is 0 Å². The van der Waals surface area contributed by atoms with Crippen LogP contribution in [0.15, 0.2) is 9.59 Å². The lowest BCUT2D eigenvalue weighted by atomic mass is 9.86. The molecule has 0 radical (unpaired) electrons. The Labute approximate surface area is 135 Å². The van der Waals surface area contributed by atoms with E-state index >= 15 is 0 Å². The molecule has 0 bridgehead atoms. The van der Waals surface area contributed by atoms with Crippen LogP contribution in [0.25, 0.3) is 11.2 Å². The van der Waals surface area contributed by atoms with E-state index in [9.17, 15) is 9.59 Å². The largest absolute Gasteiger partial charge is 0.332 e. The van der Waals surface area contributed by atoms with Crippen LogP contribution in [0.4, 0.5) is 0 Å². The van der Waals surface area contributed by atoms with Gasteiger partial charge in [-0.15, -0.1) is 0 Å². The standard InChI is InChI=1S/C17H26N4O2/c1-19-13(11-7-10-12-8-5-4-6-9-12)18-15-14(19)16(22)21(3)17(23)20(15)2/h12H,4-11H2,1-3H3. The van der Waals surface area contributed by atoms with Crippen molar-refractivity contribution < 1.29 is 0 Å². The van der Waals surface area contributed by atoms with Crippen LogP contribution < -0.4 is 11.2 Å². The highest BCUT2D eigenvalue weighted by atomic mass is 16.2. The number of aromatic nitrogens is 4. The zero-order chi connectivity index (χ0) is 16.6. The molecule has 2 aromatic heterocycles. The highest BCUT2D eigenvalue weighted by Crippen LogP contribution is 2.27. The van der Waals surface area contributed by atoms with Crippen molar-refractivity contribution in [3.05, 3.63) is 26.7 Å². The molecule has 0 spiro atoms. The zero-order valence-corrected chi connectivity index (χ0v) is 14.3. The molecule has 1 aliphatic rings. The van der Waals surface area contributed by atoms with Crippen molar-refractivity contribution in [2.24, 2.45) is 27.1 Å². The minimum Gasteiger partial charge on any atom is -0.325 e. The minimum absolute atomic E-state index is 0.267. The summed E-state index contributed by atoms with van der Waals surface area (Å²) in [6.45, 7) is 0. The van der Waals surface area contributed by atoms with E-state index in [0.717, 1.165) is 29.2 Å². The molecule has 0 N–H and O–H groups in total. The highest BCUT2D eigenvalue weighted by molar-refractivity contribution is 5.70. The maximum absolute atomic E-state index is 12.3. The fourth-order valence-corrected chi connectivity index (χ4v) is 3.81. The van der Waals surface area contributed by atoms with E-state index in [1.807, 2.05) is 11.6 Å². The first kappa shape index (κ1) is 16.0. The van der Waals surface area contributed by atoms with E-state index in [4.69, 9.17) is 0 Å². The number of hydrogen-bond donors (Lipinski definition) is 0. The molecule has 0 aromatic carbocycles. The Kier molecular flexibility index (Phi) is 4.41. The number of hydrogen-bond acceptors (Lipinski definition) is 3. The van der Waals surface area contributed by atoms with Gasteiger partial charge in [0.15, 0.2) is 11.2 Å². The smallest absolute Gasteiger partial charge is 0.325 e. The van der Waals surface area contributed by atoms with Gasteiger partial charge in [0.2, 0.25) is 0 Å². The van der Waals surface area contributed by atoms with Gasteiger partial charge in [0.1, 0.15) is 5.82 Å². The van der Waals surface area contributed by atoms with E-state index < -0.39 is 0 Å². The summed E-state index contributed by atoms with van der Waals surface area (Å²) in [5, 5.41) is 0. The number of fused-ring (bicyclic) bond motifs is 1. The summed E-state index contributed by atoms with van der Waals surface area (Å²) >= 11 is 0. The molecule has 6 heteroatoms. The molecule has 2 heterocycles. The van der Waals surface area contributed by atoms with Crippen LogP contribution in [0.1, 0.15) is 50.8 Å². The van der Waals surface area contributed by atoms with Gasteiger partial charge in [0, 0.05) is 27.6 Å². The summed E-state index contributed by atoms with van der Waals surface area (Å²) in [7, 11) is 5.06. The SMILES string of the molecule is Cn1c(=O)c2c(nc(CCCC3CCCCC3)n2C)n(C)c1=O. The molecule has 0 amide bonds. The zero-order valence-electron chi connectivity index (χ0n) is 14.3. The molecule has 0 aliphatic heterocycles. The Bertz CT molecular complexity index is 822. The minimum atomic E-state index is -0.325. The fourth-order valence-electron chi connectivity index (χ4n) is 3.81. The summed E-state index contributed by atoms with van der Waals surface area (Å²) in [6, 6.07) is 0. The van der Waals surface area contributed by atoms with Crippen molar-refractivity contribution >= 4 is 11.2 Å². The van der Waals surface area contributed by atoms with Crippen LogP contribution in [0, 0.1) is 5.92 Å². The van der Waals surface area contributed by atoms with Gasteiger partial charge in [-0.2, -0.15) is 0 Å². The molecule has 2 aromatic rings. The summed E-state index contributed by atoms with van der Waals surface area (Å²) < 4.78 is 4.47. The van der Waals surface area contributed by atoms with Gasteiger partial charge in [-0.25, -0.2) is 9.78 Å². The maximum atomic E-state index is 12.3. The lowest BCUT2D eigenvalue weighted by Crippen LogP contribution is -2.37. The third kappa shape index (κ3) is 2.86. The Morgan fingerprint density at radius 2 is 1.70 bits per heavy atom. The topological polar surface area (TPSA) is 61.8 Å². The van der Waals surface area contributed by atoms with Crippen LogP contribution in [0.3, 0.4) is 0 Å². The Morgan fingerprint density at radius 3 is 2.39 bits per heavy atom. The van der Waals surface area contributed by atoms with Crippen LogP contribution >= 0.6 is 0 Å². The van der Waals surface area contributed by atoms with Crippen molar-refractivity contribution in [1.82, 2.24) is 18.7 Å². The Balaban J connectivity index is 1.83. The summed E-state index contributed by atoms with van der Waals surface area (Å²) in [6.07, 6.45) is 10.0. The Hall–Kier alpha value is -1.85. The Morgan fingerprint density at radius 1 is 1.00 bits per heavy atom. The molecule has 6 nitrogen and oxygen atoms in total. The van der Waals surface area contributed by atoms with Crippen LogP contribution in [-0.2, 0) is 27.6 Å². The van der Waals surface area contributed by atoms with Crippen molar-refractivity contribution in [2.75, 3.05) is 0 Å². The molecule has 3 rings (SSSR count). The van der Waals surface area contributed by atoms with Crippen molar-refractivity contribution in [1.29, 1.82) is 0 Å². The van der Waals surface area contributed by atoms with Gasteiger partial charge in [0.25, 0.3) is 5.56 Å². The summed E-state index contributed by atoms with van der Waals surface area (Å²) in [5.41, 5.74) is 0.418. The van der Waals surface area contributed by atoms with E-state index in [0.29, 0.717) is 11.2 Å². The number of rotatable bonds is 4. The third-order valence-electron chi connectivity index (χ3n) is 5.31. The highest BCUT2D eigenvalue weighted by Gasteiger charge is 2.18. The van der Waals surface area contributed by atoms with E-state index in [2.05, 4.69) is 4.98 Å². The van der Waals surface area contributed by atoms with Crippen LogP contribution in [-0.4, -0.2) is 18.7 Å². The molecular weight excluding hydrogens is 292 g/mol. The monoisotopic (exact) mass is 318 g/mol. The molecule has 0 unspecified atom stereocenters. The number of nitrogens with zero attached hydrogens (tertiary/aromatic N) is 4. The van der Waals surface area contributed by atoms with Crippen molar-refractivity contribution in [3.63, 3.8) is 0 Å². The number of imidazole rings is 1. The molecular formula is C17H26N4O2. The first-order valence-electron chi connectivity index (χ1n) is 8.62. The molecule has 1 aliphatic carbocycles. The van der Waals surface area contributed by atoms with Gasteiger partial charge < -0.3 is 4.57 Å². The van der Waals surface area contributed by atoms with Gasteiger partial charge in [-0.1, -0.05) is 38.5 Å². The van der Waals surface area contributed by atoms with Crippen LogP contribution in [0.2, 0.25) is 0 Å².